The largest absolute Gasteiger partial charge is 0.508 e. The molecule has 0 aliphatic rings. The summed E-state index contributed by atoms with van der Waals surface area (Å²) in [4.78, 5) is 18.8. The van der Waals surface area contributed by atoms with E-state index in [0.29, 0.717) is 31.6 Å². The van der Waals surface area contributed by atoms with E-state index in [0.717, 1.165) is 29.2 Å². The average Bonchev–Trinajstić information content (AvgIpc) is 3.14. The summed E-state index contributed by atoms with van der Waals surface area (Å²) < 4.78 is 5.90. The molecule has 0 spiro atoms. The summed E-state index contributed by atoms with van der Waals surface area (Å²) in [6.07, 6.45) is 0.706. The molecule has 0 unspecified atom stereocenters. The molecule has 0 atom stereocenters. The number of fused-ring (bicyclic) bond motifs is 1. The Labute approximate surface area is 176 Å². The molecule has 3 N–H and O–H groups in total. The van der Waals surface area contributed by atoms with E-state index in [1.807, 2.05) is 49.2 Å². The zero-order valence-corrected chi connectivity index (χ0v) is 17.4. The lowest BCUT2D eigenvalue weighted by Crippen LogP contribution is -2.38. The Morgan fingerprint density at radius 1 is 1.13 bits per heavy atom. The molecular formula is C23H28N4O3. The van der Waals surface area contributed by atoms with Gasteiger partial charge < -0.3 is 25.1 Å². The Morgan fingerprint density at radius 3 is 2.73 bits per heavy atom. The third kappa shape index (κ3) is 5.76. The zero-order chi connectivity index (χ0) is 21.3. The normalized spacial score (nSPS) is 11.5. The molecule has 0 fully saturated rings. The molecule has 0 aliphatic carbocycles. The smallest absolute Gasteiger partial charge is 0.251 e. The molecule has 1 aromatic heterocycles. The van der Waals surface area contributed by atoms with Gasteiger partial charge in [0.25, 0.3) is 5.91 Å². The predicted octanol–water partition coefficient (Wildman–Crippen LogP) is 3.36. The fourth-order valence-corrected chi connectivity index (χ4v) is 3.11. The first-order valence-electron chi connectivity index (χ1n) is 10.1. The van der Waals surface area contributed by atoms with E-state index >= 15 is 0 Å². The number of carbonyl (C=O) groups is 1. The Morgan fingerprint density at radius 2 is 1.97 bits per heavy atom. The predicted molar refractivity (Wildman–Crippen MR) is 119 cm³/mol. The van der Waals surface area contributed by atoms with E-state index in [1.54, 1.807) is 12.1 Å². The van der Waals surface area contributed by atoms with E-state index < -0.39 is 0 Å². The van der Waals surface area contributed by atoms with Crippen LogP contribution >= 0.6 is 0 Å². The van der Waals surface area contributed by atoms with Gasteiger partial charge in [-0.2, -0.15) is 0 Å². The van der Waals surface area contributed by atoms with Gasteiger partial charge in [-0.1, -0.05) is 24.3 Å². The molecule has 158 valence electrons. The number of benzene rings is 2. The molecule has 2 aromatic carbocycles. The minimum atomic E-state index is -0.205. The maximum absolute atomic E-state index is 12.1. The third-order valence-electron chi connectivity index (χ3n) is 4.56. The summed E-state index contributed by atoms with van der Waals surface area (Å²) in [5.74, 6) is 1.54. The summed E-state index contributed by atoms with van der Waals surface area (Å²) in [5.41, 5.74) is 1.32. The van der Waals surface area contributed by atoms with Crippen LogP contribution in [0.4, 0.5) is 0 Å². The van der Waals surface area contributed by atoms with Crippen LogP contribution < -0.4 is 10.6 Å². The molecule has 7 heteroatoms. The van der Waals surface area contributed by atoms with Crippen LogP contribution in [-0.4, -0.2) is 48.6 Å². The third-order valence-corrected chi connectivity index (χ3v) is 4.56. The Hall–Kier alpha value is -3.48. The van der Waals surface area contributed by atoms with Crippen molar-refractivity contribution in [1.29, 1.82) is 0 Å². The first-order chi connectivity index (χ1) is 14.6. The van der Waals surface area contributed by atoms with Crippen molar-refractivity contribution >= 4 is 22.8 Å². The minimum Gasteiger partial charge on any atom is -0.508 e. The van der Waals surface area contributed by atoms with Gasteiger partial charge in [-0.15, -0.1) is 0 Å². The number of guanidine groups is 1. The molecule has 0 saturated heterocycles. The molecular weight excluding hydrogens is 380 g/mol. The number of hydrogen-bond donors (Lipinski definition) is 3. The van der Waals surface area contributed by atoms with Crippen LogP contribution in [0.3, 0.4) is 0 Å². The average molecular weight is 409 g/mol. The van der Waals surface area contributed by atoms with Crippen molar-refractivity contribution in [2.45, 2.75) is 19.9 Å². The molecule has 30 heavy (non-hydrogen) atoms. The second-order valence-electron chi connectivity index (χ2n) is 7.00. The van der Waals surface area contributed by atoms with Crippen LogP contribution in [0, 0.1) is 0 Å². The number of hydrogen-bond acceptors (Lipinski definition) is 4. The quantitative estimate of drug-likeness (QED) is 0.302. The van der Waals surface area contributed by atoms with Crippen molar-refractivity contribution in [3.8, 4) is 5.75 Å². The van der Waals surface area contributed by atoms with Crippen molar-refractivity contribution < 1.29 is 14.3 Å². The van der Waals surface area contributed by atoms with Gasteiger partial charge in [0, 0.05) is 37.6 Å². The van der Waals surface area contributed by atoms with Crippen LogP contribution in [-0.2, 0) is 6.54 Å². The van der Waals surface area contributed by atoms with E-state index in [1.165, 1.54) is 12.1 Å². The minimum absolute atomic E-state index is 0.0787. The highest BCUT2D eigenvalue weighted by atomic mass is 16.3. The van der Waals surface area contributed by atoms with Crippen molar-refractivity contribution in [3.63, 3.8) is 0 Å². The second-order valence-corrected chi connectivity index (χ2v) is 7.00. The number of rotatable bonds is 8. The number of para-hydroxylation sites is 1. The molecule has 0 saturated carbocycles. The highest BCUT2D eigenvalue weighted by molar-refractivity contribution is 5.94. The number of aromatic hydroxyl groups is 1. The Bertz CT molecular complexity index is 979. The molecule has 0 aliphatic heterocycles. The maximum Gasteiger partial charge on any atom is 0.251 e. The molecule has 1 heterocycles. The fraction of sp³-hybridized carbons (Fsp3) is 0.304. The lowest BCUT2D eigenvalue weighted by Gasteiger charge is -2.21. The highest BCUT2D eigenvalue weighted by Crippen LogP contribution is 2.19. The van der Waals surface area contributed by atoms with Crippen molar-refractivity contribution in [2.24, 2.45) is 4.99 Å². The molecule has 3 aromatic rings. The summed E-state index contributed by atoms with van der Waals surface area (Å²) in [6.45, 7) is 4.48. The van der Waals surface area contributed by atoms with Crippen LogP contribution in [0.5, 0.6) is 5.75 Å². The van der Waals surface area contributed by atoms with Crippen molar-refractivity contribution in [3.05, 3.63) is 65.9 Å². The summed E-state index contributed by atoms with van der Waals surface area (Å²) in [6, 6.07) is 16.3. The number of amides is 1. The van der Waals surface area contributed by atoms with Gasteiger partial charge in [0.1, 0.15) is 17.1 Å². The standard InChI is InChI=1S/C23H28N4O3/c1-3-24-23(27(2)16-20-15-17-8-4-5-11-21(17)30-20)26-13-7-12-25-22(29)18-9-6-10-19(28)14-18/h4-6,8-11,14-15,28H,3,7,12-13,16H2,1-2H3,(H,24,26)(H,25,29). The SMILES string of the molecule is CCNC(=NCCCNC(=O)c1cccc(O)c1)N(C)Cc1cc2ccccc2o1. The summed E-state index contributed by atoms with van der Waals surface area (Å²) in [5, 5.41) is 16.7. The van der Waals surface area contributed by atoms with Gasteiger partial charge >= 0.3 is 0 Å². The lowest BCUT2D eigenvalue weighted by molar-refractivity contribution is 0.0953. The van der Waals surface area contributed by atoms with Crippen molar-refractivity contribution in [2.75, 3.05) is 26.7 Å². The molecule has 3 rings (SSSR count). The first-order valence-corrected chi connectivity index (χ1v) is 10.1. The second kappa shape index (κ2) is 10.3. The maximum atomic E-state index is 12.1. The molecule has 0 bridgehead atoms. The van der Waals surface area contributed by atoms with Gasteiger partial charge in [0.2, 0.25) is 0 Å². The van der Waals surface area contributed by atoms with E-state index in [-0.39, 0.29) is 11.7 Å². The van der Waals surface area contributed by atoms with Gasteiger partial charge in [-0.3, -0.25) is 9.79 Å². The zero-order valence-electron chi connectivity index (χ0n) is 17.4. The van der Waals surface area contributed by atoms with Gasteiger partial charge in [-0.05, 0) is 43.7 Å². The van der Waals surface area contributed by atoms with Crippen LogP contribution in [0.15, 0.2) is 64.0 Å². The van der Waals surface area contributed by atoms with E-state index in [4.69, 9.17) is 4.42 Å². The van der Waals surface area contributed by atoms with E-state index in [2.05, 4.69) is 15.6 Å². The number of phenols is 1. The first kappa shape index (κ1) is 21.2. The number of nitrogens with zero attached hydrogens (tertiary/aromatic N) is 2. The van der Waals surface area contributed by atoms with Crippen molar-refractivity contribution in [1.82, 2.24) is 15.5 Å². The van der Waals surface area contributed by atoms with Gasteiger partial charge in [-0.25, -0.2) is 0 Å². The number of furan rings is 1. The summed E-state index contributed by atoms with van der Waals surface area (Å²) in [7, 11) is 1.97. The van der Waals surface area contributed by atoms with Crippen LogP contribution in [0.25, 0.3) is 11.0 Å². The molecule has 7 nitrogen and oxygen atoms in total. The number of carbonyl (C=O) groups excluding carboxylic acids is 1. The van der Waals surface area contributed by atoms with Gasteiger partial charge in [0.15, 0.2) is 5.96 Å². The van der Waals surface area contributed by atoms with Gasteiger partial charge in [0.05, 0.1) is 6.54 Å². The Kier molecular flexibility index (Phi) is 7.32. The Balaban J connectivity index is 1.50. The highest BCUT2D eigenvalue weighted by Gasteiger charge is 2.10. The number of phenolic OH excluding ortho intramolecular Hbond substituents is 1. The van der Waals surface area contributed by atoms with Crippen LogP contribution in [0.1, 0.15) is 29.5 Å². The van der Waals surface area contributed by atoms with Crippen LogP contribution in [0.2, 0.25) is 0 Å². The lowest BCUT2D eigenvalue weighted by atomic mass is 10.2. The van der Waals surface area contributed by atoms with E-state index in [9.17, 15) is 9.90 Å². The molecule has 1 amide bonds. The summed E-state index contributed by atoms with van der Waals surface area (Å²) >= 11 is 0. The monoisotopic (exact) mass is 408 g/mol. The topological polar surface area (TPSA) is 90.1 Å². The number of aliphatic imine (C=N–C) groups is 1. The molecule has 0 radical (unpaired) electrons. The fourth-order valence-electron chi connectivity index (χ4n) is 3.11. The number of nitrogens with one attached hydrogen (secondary N) is 2.